The van der Waals surface area contributed by atoms with Gasteiger partial charge in [0.25, 0.3) is 5.69 Å². The zero-order valence-electron chi connectivity index (χ0n) is 11.0. The minimum absolute atomic E-state index is 0.0324. The van der Waals surface area contributed by atoms with Crippen molar-refractivity contribution >= 4 is 29.1 Å². The average Bonchev–Trinajstić information content (AvgIpc) is 2.88. The number of ether oxygens (including phenoxy) is 1. The second-order valence-corrected chi connectivity index (χ2v) is 6.48. The third-order valence-corrected chi connectivity index (χ3v) is 4.85. The molecule has 0 bridgehead atoms. The molecular weight excluding hydrogens is 310 g/mol. The van der Waals surface area contributed by atoms with Gasteiger partial charge in [0.05, 0.1) is 9.95 Å². The fourth-order valence-electron chi connectivity index (χ4n) is 2.25. The highest BCUT2D eigenvalue weighted by molar-refractivity contribution is 8.00. The highest BCUT2D eigenvalue weighted by Crippen LogP contribution is 2.37. The molecule has 4 nitrogen and oxygen atoms in total. The number of hydrogen-bond donors (Lipinski definition) is 0. The van der Waals surface area contributed by atoms with Crippen LogP contribution in [0.15, 0.2) is 47.4 Å². The zero-order valence-corrected chi connectivity index (χ0v) is 12.6. The van der Waals surface area contributed by atoms with Crippen LogP contribution in [0.2, 0.25) is 5.02 Å². The van der Waals surface area contributed by atoms with E-state index in [1.807, 2.05) is 12.1 Å². The molecule has 21 heavy (non-hydrogen) atoms. The molecule has 1 unspecified atom stereocenters. The van der Waals surface area contributed by atoms with E-state index in [0.29, 0.717) is 17.6 Å². The number of non-ortho nitro benzene ring substituents is 1. The van der Waals surface area contributed by atoms with E-state index in [4.69, 9.17) is 16.3 Å². The van der Waals surface area contributed by atoms with Crippen LogP contribution >= 0.6 is 23.4 Å². The predicted molar refractivity (Wildman–Crippen MR) is 83.4 cm³/mol. The second kappa shape index (κ2) is 5.95. The number of nitro groups is 1. The van der Waals surface area contributed by atoms with Crippen molar-refractivity contribution < 1.29 is 9.66 Å². The molecule has 6 heteroatoms. The largest absolute Gasteiger partial charge is 0.491 e. The van der Waals surface area contributed by atoms with Crippen molar-refractivity contribution in [2.45, 2.75) is 16.6 Å². The highest BCUT2D eigenvalue weighted by atomic mass is 35.5. The van der Waals surface area contributed by atoms with E-state index >= 15 is 0 Å². The van der Waals surface area contributed by atoms with Gasteiger partial charge in [0.1, 0.15) is 12.4 Å². The minimum Gasteiger partial charge on any atom is -0.491 e. The molecule has 1 atom stereocenters. The molecule has 0 saturated heterocycles. The van der Waals surface area contributed by atoms with E-state index < -0.39 is 4.92 Å². The smallest absolute Gasteiger partial charge is 0.271 e. The van der Waals surface area contributed by atoms with Crippen molar-refractivity contribution in [3.8, 4) is 5.75 Å². The summed E-state index contributed by atoms with van der Waals surface area (Å²) in [6, 6.07) is 12.6. The van der Waals surface area contributed by atoms with E-state index in [1.165, 1.54) is 22.6 Å². The lowest BCUT2D eigenvalue weighted by Gasteiger charge is -2.12. The summed E-state index contributed by atoms with van der Waals surface area (Å²) in [5.41, 5.74) is 1.31. The number of nitrogens with zero attached hydrogens (tertiary/aromatic N) is 1. The Bertz CT molecular complexity index is 667. The number of hydrogen-bond acceptors (Lipinski definition) is 4. The van der Waals surface area contributed by atoms with E-state index in [1.54, 1.807) is 17.8 Å². The molecule has 2 aromatic carbocycles. The Hall–Kier alpha value is -1.72. The molecule has 0 aromatic heterocycles. The van der Waals surface area contributed by atoms with E-state index in [2.05, 4.69) is 12.1 Å². The van der Waals surface area contributed by atoms with Crippen molar-refractivity contribution in [1.82, 2.24) is 0 Å². The first-order valence-electron chi connectivity index (χ1n) is 6.45. The number of halogens is 1. The van der Waals surface area contributed by atoms with Gasteiger partial charge < -0.3 is 4.74 Å². The molecule has 1 aliphatic rings. The molecule has 1 aliphatic heterocycles. The maximum absolute atomic E-state index is 10.7. The van der Waals surface area contributed by atoms with Gasteiger partial charge in [-0.1, -0.05) is 29.8 Å². The Labute approximate surface area is 131 Å². The molecule has 108 valence electrons. The van der Waals surface area contributed by atoms with Crippen LogP contribution in [0.25, 0.3) is 0 Å². The summed E-state index contributed by atoms with van der Waals surface area (Å²) in [5.74, 6) is 0.485. The normalized spacial score (nSPS) is 16.5. The van der Waals surface area contributed by atoms with Crippen LogP contribution in [-0.4, -0.2) is 16.8 Å². The first-order valence-corrected chi connectivity index (χ1v) is 7.70. The molecule has 0 amide bonds. The highest BCUT2D eigenvalue weighted by Gasteiger charge is 2.22. The fraction of sp³-hybridized carbons (Fsp3) is 0.200. The van der Waals surface area contributed by atoms with Crippen molar-refractivity contribution in [3.05, 3.63) is 63.2 Å². The van der Waals surface area contributed by atoms with Crippen LogP contribution in [0.3, 0.4) is 0 Å². The monoisotopic (exact) mass is 321 g/mol. The number of rotatable bonds is 4. The second-order valence-electron chi connectivity index (χ2n) is 4.73. The standard InChI is InChI=1S/C15H12ClNO3S/c16-13-8-11(17(18)19)5-6-14(13)20-9-12-7-10-3-1-2-4-15(10)21-12/h1-6,8,12H,7,9H2. The van der Waals surface area contributed by atoms with Gasteiger partial charge in [-0.2, -0.15) is 0 Å². The molecule has 0 N–H and O–H groups in total. The number of fused-ring (bicyclic) bond motifs is 1. The van der Waals surface area contributed by atoms with Crippen molar-refractivity contribution in [2.24, 2.45) is 0 Å². The molecule has 0 saturated carbocycles. The zero-order chi connectivity index (χ0) is 14.8. The number of benzene rings is 2. The van der Waals surface area contributed by atoms with Crippen LogP contribution < -0.4 is 4.74 Å². The van der Waals surface area contributed by atoms with Gasteiger partial charge in [-0.25, -0.2) is 0 Å². The molecule has 0 aliphatic carbocycles. The summed E-state index contributed by atoms with van der Waals surface area (Å²) in [5, 5.41) is 11.3. The van der Waals surface area contributed by atoms with Gasteiger partial charge >= 0.3 is 0 Å². The topological polar surface area (TPSA) is 52.4 Å². The maximum Gasteiger partial charge on any atom is 0.271 e. The van der Waals surface area contributed by atoms with Gasteiger partial charge in [-0.05, 0) is 24.1 Å². The Balaban J connectivity index is 1.63. The Morgan fingerprint density at radius 3 is 2.86 bits per heavy atom. The molecule has 0 radical (unpaired) electrons. The molecular formula is C15H12ClNO3S. The molecule has 2 aromatic rings. The quantitative estimate of drug-likeness (QED) is 0.620. The fourth-order valence-corrected chi connectivity index (χ4v) is 3.70. The molecule has 1 heterocycles. The average molecular weight is 322 g/mol. The summed E-state index contributed by atoms with van der Waals surface area (Å²) < 4.78 is 5.71. The Morgan fingerprint density at radius 1 is 1.33 bits per heavy atom. The molecule has 0 spiro atoms. The van der Waals surface area contributed by atoms with Gasteiger partial charge in [0, 0.05) is 22.3 Å². The van der Waals surface area contributed by atoms with Crippen LogP contribution in [0.5, 0.6) is 5.75 Å². The predicted octanol–water partition coefficient (Wildman–Crippen LogP) is 4.34. The van der Waals surface area contributed by atoms with Crippen LogP contribution in [0.4, 0.5) is 5.69 Å². The summed E-state index contributed by atoms with van der Waals surface area (Å²) in [4.78, 5) is 11.5. The summed E-state index contributed by atoms with van der Waals surface area (Å²) in [6.45, 7) is 0.525. The molecule has 0 fully saturated rings. The van der Waals surface area contributed by atoms with Gasteiger partial charge in [-0.3, -0.25) is 10.1 Å². The summed E-state index contributed by atoms with van der Waals surface area (Å²) in [7, 11) is 0. The SMILES string of the molecule is O=[N+]([O-])c1ccc(OCC2Cc3ccccc3S2)c(Cl)c1. The van der Waals surface area contributed by atoms with Crippen molar-refractivity contribution in [2.75, 3.05) is 6.61 Å². The number of thioether (sulfide) groups is 1. The van der Waals surface area contributed by atoms with Crippen molar-refractivity contribution in [3.63, 3.8) is 0 Å². The Kier molecular flexibility index (Phi) is 4.03. The van der Waals surface area contributed by atoms with Crippen molar-refractivity contribution in [1.29, 1.82) is 0 Å². The summed E-state index contributed by atoms with van der Waals surface area (Å²) in [6.07, 6.45) is 0.964. The lowest BCUT2D eigenvalue weighted by molar-refractivity contribution is -0.384. The third-order valence-electron chi connectivity index (χ3n) is 3.26. The lowest BCUT2D eigenvalue weighted by Crippen LogP contribution is -2.13. The summed E-state index contributed by atoms with van der Waals surface area (Å²) >= 11 is 7.80. The lowest BCUT2D eigenvalue weighted by atomic mass is 10.1. The van der Waals surface area contributed by atoms with E-state index in [0.717, 1.165) is 6.42 Å². The van der Waals surface area contributed by atoms with Gasteiger partial charge in [-0.15, -0.1) is 11.8 Å². The minimum atomic E-state index is -0.473. The Morgan fingerprint density at radius 2 is 2.14 bits per heavy atom. The first kappa shape index (κ1) is 14.2. The van der Waals surface area contributed by atoms with Crippen LogP contribution in [-0.2, 0) is 6.42 Å². The van der Waals surface area contributed by atoms with Crippen LogP contribution in [0.1, 0.15) is 5.56 Å². The molecule has 3 rings (SSSR count). The van der Waals surface area contributed by atoms with Gasteiger partial charge in [0.2, 0.25) is 0 Å². The third kappa shape index (κ3) is 3.14. The van der Waals surface area contributed by atoms with Crippen LogP contribution in [0, 0.1) is 10.1 Å². The first-order chi connectivity index (χ1) is 10.1. The van der Waals surface area contributed by atoms with E-state index in [9.17, 15) is 10.1 Å². The number of nitro benzene ring substituents is 1. The van der Waals surface area contributed by atoms with E-state index in [-0.39, 0.29) is 10.7 Å². The van der Waals surface area contributed by atoms with Gasteiger partial charge in [0.15, 0.2) is 0 Å². The maximum atomic E-state index is 10.7.